The number of phosphoric ester groups is 2. The lowest BCUT2D eigenvalue weighted by Gasteiger charge is -2.21. The summed E-state index contributed by atoms with van der Waals surface area (Å²) >= 11 is 0. The van der Waals surface area contributed by atoms with E-state index in [0.717, 1.165) is 128 Å². The normalized spacial score (nSPS) is 14.6. The Balaban J connectivity index is 4.36. The fraction of sp³-hybridized carbons (Fsp3) is 0.773. The van der Waals surface area contributed by atoms with E-state index in [9.17, 15) is 43.5 Å². The molecule has 5 atom stereocenters. The molecule has 0 aromatic rings. The molecule has 0 fully saturated rings. The van der Waals surface area contributed by atoms with Crippen LogP contribution in [-0.4, -0.2) is 95.9 Å². The van der Waals surface area contributed by atoms with Gasteiger partial charge in [-0.25, -0.2) is 9.13 Å². The summed E-state index contributed by atoms with van der Waals surface area (Å²) in [6.07, 6.45) is 75.1. The number of hydrogen-bond acceptors (Lipinski definition) is 14. The Morgan fingerprint density at radius 1 is 0.312 bits per heavy atom. The van der Waals surface area contributed by atoms with Crippen molar-refractivity contribution < 1.29 is 75.8 Å². The summed E-state index contributed by atoms with van der Waals surface area (Å²) in [5, 5.41) is 20.6. The molecule has 0 spiro atoms. The highest BCUT2D eigenvalue weighted by atomic mass is 31.2. The van der Waals surface area contributed by atoms with Gasteiger partial charge in [0.05, 0.1) is 26.4 Å². The van der Waals surface area contributed by atoms with E-state index in [4.69, 9.17) is 32.3 Å². The van der Waals surface area contributed by atoms with Gasteiger partial charge in [-0.05, 0) is 89.9 Å². The quantitative estimate of drug-likeness (QED) is 0.0146. The number of allylic oxidation sites excluding steroid dienone is 14. The number of carbonyl (C=O) groups is 3. The molecular weight excluding hydrogens is 1220 g/mol. The minimum absolute atomic E-state index is 0.107. The van der Waals surface area contributed by atoms with Crippen LogP contribution in [0, 0.1) is 0 Å². The van der Waals surface area contributed by atoms with Crippen molar-refractivity contribution in [3.63, 3.8) is 0 Å². The number of phosphoric acid groups is 2. The molecule has 16 nitrogen and oxygen atoms in total. The van der Waals surface area contributed by atoms with Gasteiger partial charge in [0, 0.05) is 19.3 Å². The minimum Gasteiger partial charge on any atom is -0.463 e. The molecule has 18 heteroatoms. The average Bonchev–Trinajstić information content (AvgIpc) is 3.55. The summed E-state index contributed by atoms with van der Waals surface area (Å²) in [5.74, 6) is -1.58. The lowest BCUT2D eigenvalue weighted by molar-refractivity contribution is -0.161. The maximum absolute atomic E-state index is 12.9. The number of carbonyl (C=O) groups excluding carboxylic acids is 3. The number of rotatable bonds is 70. The van der Waals surface area contributed by atoms with Crippen LogP contribution >= 0.6 is 15.6 Å². The van der Waals surface area contributed by atoms with Crippen molar-refractivity contribution in [3.8, 4) is 0 Å². The molecule has 0 aliphatic rings. The van der Waals surface area contributed by atoms with Crippen LogP contribution in [0.15, 0.2) is 85.1 Å². The molecule has 0 rings (SSSR count). The maximum Gasteiger partial charge on any atom is 0.472 e. The van der Waals surface area contributed by atoms with Crippen molar-refractivity contribution in [3.05, 3.63) is 85.1 Å². The number of aliphatic hydroxyl groups excluding tert-OH is 2. The Bertz CT molecular complexity index is 2040. The van der Waals surface area contributed by atoms with Crippen LogP contribution in [0.3, 0.4) is 0 Å². The first kappa shape index (κ1) is 89.7. The van der Waals surface area contributed by atoms with E-state index in [1.165, 1.54) is 128 Å². The summed E-state index contributed by atoms with van der Waals surface area (Å²) in [6.45, 7) is 2.50. The van der Waals surface area contributed by atoms with E-state index in [-0.39, 0.29) is 19.3 Å². The summed E-state index contributed by atoms with van der Waals surface area (Å²) in [6, 6.07) is 0. The van der Waals surface area contributed by atoms with Crippen LogP contribution in [0.25, 0.3) is 0 Å². The van der Waals surface area contributed by atoms with Gasteiger partial charge in [0.2, 0.25) is 0 Å². The van der Waals surface area contributed by atoms with E-state index in [1.807, 2.05) is 0 Å². The Morgan fingerprint density at radius 2 is 0.591 bits per heavy atom. The predicted octanol–water partition coefficient (Wildman–Crippen LogP) is 20.9. The molecule has 0 heterocycles. The first-order valence-corrected chi connectivity index (χ1v) is 39.9. The largest absolute Gasteiger partial charge is 0.472 e. The van der Waals surface area contributed by atoms with Crippen molar-refractivity contribution >= 4 is 33.6 Å². The van der Waals surface area contributed by atoms with Crippen molar-refractivity contribution in [2.75, 3.05) is 39.6 Å². The predicted molar refractivity (Wildman–Crippen MR) is 381 cm³/mol. The summed E-state index contributed by atoms with van der Waals surface area (Å²) in [4.78, 5) is 58.3. The Kier molecular flexibility index (Phi) is 66.2. The highest BCUT2D eigenvalue weighted by Gasteiger charge is 2.29. The monoisotopic (exact) mass is 1350 g/mol. The van der Waals surface area contributed by atoms with Gasteiger partial charge in [0.25, 0.3) is 0 Å². The summed E-state index contributed by atoms with van der Waals surface area (Å²) < 4.78 is 60.9. The molecule has 540 valence electrons. The Hall–Kier alpha value is -3.27. The molecule has 5 unspecified atom stereocenters. The minimum atomic E-state index is -4.92. The second kappa shape index (κ2) is 68.7. The number of aliphatic hydroxyl groups is 2. The molecule has 4 N–H and O–H groups in total. The summed E-state index contributed by atoms with van der Waals surface area (Å²) in [5.41, 5.74) is 0. The number of ether oxygens (including phenoxy) is 3. The van der Waals surface area contributed by atoms with E-state index in [0.29, 0.717) is 19.3 Å². The van der Waals surface area contributed by atoms with Crippen LogP contribution in [-0.2, 0) is 55.8 Å². The van der Waals surface area contributed by atoms with E-state index < -0.39 is 91.5 Å². The Labute approximate surface area is 565 Å². The second-order valence-electron chi connectivity index (χ2n) is 24.7. The van der Waals surface area contributed by atoms with Crippen molar-refractivity contribution in [2.45, 2.75) is 334 Å². The van der Waals surface area contributed by atoms with E-state index in [2.05, 4.69) is 106 Å². The molecule has 0 saturated heterocycles. The number of hydrogen-bond donors (Lipinski definition) is 4. The third-order valence-corrected chi connectivity index (χ3v) is 17.5. The smallest absolute Gasteiger partial charge is 0.463 e. The molecule has 0 aliphatic heterocycles. The SMILES string of the molecule is CC/C=C\C/C=C\C/C=C\C/C=C\C/C=C\CCCCCCCCCCCCCCCCCC(=O)OCC(O)COP(=O)(O)OCC(O)COP(=O)(O)OCC(COC(=O)CCCCCCC/C=C\C/C=C\CCC)OC(=O)CCCCCCCCCCCCCCC. The average molecular weight is 1350 g/mol. The highest BCUT2D eigenvalue weighted by molar-refractivity contribution is 7.47. The molecule has 0 aliphatic carbocycles. The zero-order valence-electron chi connectivity index (χ0n) is 58.7. The van der Waals surface area contributed by atoms with Gasteiger partial charge < -0.3 is 34.2 Å². The lowest BCUT2D eigenvalue weighted by atomic mass is 10.0. The number of esters is 3. The highest BCUT2D eigenvalue weighted by Crippen LogP contribution is 2.45. The first-order valence-electron chi connectivity index (χ1n) is 36.9. The van der Waals surface area contributed by atoms with Gasteiger partial charge in [-0.1, -0.05) is 292 Å². The van der Waals surface area contributed by atoms with Gasteiger partial charge in [0.15, 0.2) is 6.10 Å². The zero-order valence-corrected chi connectivity index (χ0v) is 60.5. The van der Waals surface area contributed by atoms with Crippen molar-refractivity contribution in [1.82, 2.24) is 0 Å². The number of unbranched alkanes of at least 4 members (excludes halogenated alkanes) is 33. The van der Waals surface area contributed by atoms with Gasteiger partial charge in [-0.2, -0.15) is 0 Å². The fourth-order valence-electron chi connectivity index (χ4n) is 9.99. The van der Waals surface area contributed by atoms with Crippen molar-refractivity contribution in [2.24, 2.45) is 0 Å². The fourth-order valence-corrected chi connectivity index (χ4v) is 11.6. The molecule has 0 amide bonds. The van der Waals surface area contributed by atoms with Crippen molar-refractivity contribution in [1.29, 1.82) is 0 Å². The molecule has 0 bridgehead atoms. The molecule has 0 saturated carbocycles. The Morgan fingerprint density at radius 3 is 0.946 bits per heavy atom. The van der Waals surface area contributed by atoms with Gasteiger partial charge >= 0.3 is 33.6 Å². The molecule has 0 radical (unpaired) electrons. The molecular formula is C75H134O16P2. The van der Waals surface area contributed by atoms with Gasteiger partial charge in [-0.15, -0.1) is 0 Å². The second-order valence-corrected chi connectivity index (χ2v) is 27.6. The van der Waals surface area contributed by atoms with Crippen LogP contribution in [0.4, 0.5) is 0 Å². The maximum atomic E-state index is 12.9. The standard InChI is InChI=1S/C75H134O16P2/c1-4-7-10-13-16-19-22-25-26-27-28-29-30-31-32-33-34-35-36-37-38-39-40-41-42-45-47-49-52-55-58-61-73(78)85-64-70(76)65-87-92(81,82)88-66-71(77)67-89-93(83,84)90-69-72(91-75(80)63-60-57-54-51-48-44-24-21-18-15-12-9-6-3)68-86-74(79)62-59-56-53-50-46-43-23-20-17-14-11-8-5-2/h7,10-11,14,16,19-20,23,25-26,28-29,31-32,70-72,76-77H,4-6,8-9,12-13,15,17-18,21-22,24,27,30,33-69H2,1-3H3,(H,81,82)(H,83,84)/b10-7-,14-11-,19-16-,23-20-,26-25-,29-28-,32-31-. The first-order chi connectivity index (χ1) is 45.2. The van der Waals surface area contributed by atoms with E-state index in [1.54, 1.807) is 0 Å². The topological polar surface area (TPSA) is 231 Å². The lowest BCUT2D eigenvalue weighted by Crippen LogP contribution is -2.30. The summed E-state index contributed by atoms with van der Waals surface area (Å²) in [7, 11) is -9.77. The van der Waals surface area contributed by atoms with Gasteiger partial charge in [-0.3, -0.25) is 32.5 Å². The van der Waals surface area contributed by atoms with Crippen LogP contribution in [0.1, 0.15) is 316 Å². The zero-order chi connectivity index (χ0) is 68.1. The molecule has 93 heavy (non-hydrogen) atoms. The van der Waals surface area contributed by atoms with E-state index >= 15 is 0 Å². The third-order valence-electron chi connectivity index (χ3n) is 15.6. The molecule has 0 aromatic carbocycles. The van der Waals surface area contributed by atoms with Crippen LogP contribution in [0.2, 0.25) is 0 Å². The van der Waals surface area contributed by atoms with Crippen LogP contribution in [0.5, 0.6) is 0 Å². The molecule has 0 aromatic heterocycles. The third kappa shape index (κ3) is 69.9. The van der Waals surface area contributed by atoms with Crippen LogP contribution < -0.4 is 0 Å². The van der Waals surface area contributed by atoms with Gasteiger partial charge in [0.1, 0.15) is 25.4 Å².